The molecule has 1 heterocycles. The summed E-state index contributed by atoms with van der Waals surface area (Å²) in [5, 5.41) is 3.13. The van der Waals surface area contributed by atoms with Crippen molar-refractivity contribution in [1.29, 1.82) is 0 Å². The van der Waals surface area contributed by atoms with E-state index < -0.39 is 17.5 Å². The zero-order valence-corrected chi connectivity index (χ0v) is 21.6. The van der Waals surface area contributed by atoms with Crippen molar-refractivity contribution in [2.24, 2.45) is 0 Å². The third kappa shape index (κ3) is 9.02. The summed E-state index contributed by atoms with van der Waals surface area (Å²) < 4.78 is 29.8. The number of anilines is 1. The van der Waals surface area contributed by atoms with Crippen LogP contribution >= 0.6 is 0 Å². The minimum absolute atomic E-state index is 0.0366. The smallest absolute Gasteiger partial charge is 0.322 e. The van der Waals surface area contributed by atoms with E-state index in [9.17, 15) is 13.8 Å². The normalized spacial score (nSPS) is 16.2. The molecule has 1 aliphatic rings. The van der Waals surface area contributed by atoms with Crippen LogP contribution in [0, 0.1) is 0 Å². The second-order valence-electron chi connectivity index (χ2n) is 8.96. The fourth-order valence-electron chi connectivity index (χ4n) is 4.25. The zero-order chi connectivity index (χ0) is 25.9. The van der Waals surface area contributed by atoms with E-state index in [2.05, 4.69) is 27.1 Å². The highest BCUT2D eigenvalue weighted by Crippen LogP contribution is 2.20. The fourth-order valence-corrected chi connectivity index (χ4v) is 4.60. The number of aryl methyl sites for hydroxylation is 1. The average Bonchev–Trinajstić information content (AvgIpc) is 2.87. The van der Waals surface area contributed by atoms with Gasteiger partial charge in [0.1, 0.15) is 0 Å². The van der Waals surface area contributed by atoms with Gasteiger partial charge in [0.25, 0.3) is 0 Å². The van der Waals surface area contributed by atoms with E-state index in [0.29, 0.717) is 12.1 Å². The molecule has 2 aromatic rings. The van der Waals surface area contributed by atoms with Gasteiger partial charge >= 0.3 is 23.4 Å². The molecule has 2 atom stereocenters. The standard InChI is InChI=1S/C26H35N3O6S/c1-20(35-36(32)33)18-29(24-11-8-21(9-12-24)10-13-25(30)34-2)26(31)27-23-14-16-28(17-15-23)19-22-6-4-3-5-7-22/h3-9,11-12,20,23H,10,13-19H2,1-2H3,(H,27,31)(H,32,33). The Labute approximate surface area is 215 Å². The molecule has 1 fully saturated rings. The van der Waals surface area contributed by atoms with Gasteiger partial charge in [-0.25, -0.2) is 4.79 Å². The van der Waals surface area contributed by atoms with E-state index in [1.54, 1.807) is 19.1 Å². The molecule has 0 aliphatic carbocycles. The summed E-state index contributed by atoms with van der Waals surface area (Å²) >= 11 is -2.43. The van der Waals surface area contributed by atoms with E-state index >= 15 is 0 Å². The maximum atomic E-state index is 13.3. The maximum Gasteiger partial charge on any atom is 0.322 e. The molecule has 0 aromatic heterocycles. The first kappa shape index (κ1) is 27.8. The Bertz CT molecular complexity index is 996. The molecular weight excluding hydrogens is 482 g/mol. The molecule has 10 heteroatoms. The van der Waals surface area contributed by atoms with Crippen LogP contribution in [-0.2, 0) is 38.0 Å². The third-order valence-electron chi connectivity index (χ3n) is 6.19. The first-order valence-corrected chi connectivity index (χ1v) is 13.1. The number of carbonyl (C=O) groups excluding carboxylic acids is 2. The third-order valence-corrected chi connectivity index (χ3v) is 6.68. The van der Waals surface area contributed by atoms with Gasteiger partial charge in [0.2, 0.25) is 0 Å². The van der Waals surface area contributed by atoms with Crippen LogP contribution in [0.25, 0.3) is 0 Å². The number of nitrogens with one attached hydrogen (secondary N) is 1. The Balaban J connectivity index is 1.60. The van der Waals surface area contributed by atoms with Gasteiger partial charge < -0.3 is 10.1 Å². The zero-order valence-electron chi connectivity index (χ0n) is 20.8. The highest BCUT2D eigenvalue weighted by molar-refractivity contribution is 7.74. The molecule has 3 rings (SSSR count). The van der Waals surface area contributed by atoms with Crippen LogP contribution in [0.2, 0.25) is 0 Å². The lowest BCUT2D eigenvalue weighted by molar-refractivity contribution is -0.140. The number of methoxy groups -OCH3 is 1. The van der Waals surface area contributed by atoms with Gasteiger partial charge in [0.05, 0.1) is 19.8 Å². The molecule has 9 nitrogen and oxygen atoms in total. The van der Waals surface area contributed by atoms with Crippen molar-refractivity contribution < 1.29 is 27.3 Å². The van der Waals surface area contributed by atoms with Gasteiger partial charge in [-0.05, 0) is 49.4 Å². The number of carbonyl (C=O) groups is 2. The molecule has 2 N–H and O–H groups in total. The van der Waals surface area contributed by atoms with Crippen molar-refractivity contribution in [1.82, 2.24) is 10.2 Å². The highest BCUT2D eigenvalue weighted by Gasteiger charge is 2.25. The molecule has 0 spiro atoms. The second-order valence-corrected chi connectivity index (χ2v) is 9.59. The number of esters is 1. The summed E-state index contributed by atoms with van der Waals surface area (Å²) in [4.78, 5) is 28.6. The van der Waals surface area contributed by atoms with Gasteiger partial charge in [-0.3, -0.25) is 23.3 Å². The predicted molar refractivity (Wildman–Crippen MR) is 139 cm³/mol. The van der Waals surface area contributed by atoms with E-state index in [0.717, 1.165) is 38.0 Å². The number of rotatable bonds is 11. The highest BCUT2D eigenvalue weighted by atomic mass is 32.2. The Morgan fingerprint density at radius 3 is 2.39 bits per heavy atom. The van der Waals surface area contributed by atoms with Gasteiger partial charge in [0.15, 0.2) is 0 Å². The van der Waals surface area contributed by atoms with E-state index in [4.69, 9.17) is 8.74 Å². The number of nitrogens with zero attached hydrogens (tertiary/aromatic N) is 2. The first-order valence-electron chi connectivity index (χ1n) is 12.1. The number of urea groups is 1. The molecule has 1 saturated heterocycles. The Morgan fingerprint density at radius 1 is 1.11 bits per heavy atom. The molecule has 2 unspecified atom stereocenters. The maximum absolute atomic E-state index is 13.3. The molecular formula is C26H35N3O6S. The minimum atomic E-state index is -2.43. The number of hydrogen-bond acceptors (Lipinski definition) is 6. The quantitative estimate of drug-likeness (QED) is 0.347. The molecule has 2 aromatic carbocycles. The lowest BCUT2D eigenvalue weighted by Gasteiger charge is -2.34. The van der Waals surface area contributed by atoms with Crippen molar-refractivity contribution in [3.05, 3.63) is 65.7 Å². The van der Waals surface area contributed by atoms with Crippen molar-refractivity contribution in [3.63, 3.8) is 0 Å². The lowest BCUT2D eigenvalue weighted by atomic mass is 10.0. The molecule has 0 saturated carbocycles. The monoisotopic (exact) mass is 517 g/mol. The van der Waals surface area contributed by atoms with E-state index in [1.165, 1.54) is 17.6 Å². The summed E-state index contributed by atoms with van der Waals surface area (Å²) in [6.07, 6.45) is 1.82. The summed E-state index contributed by atoms with van der Waals surface area (Å²) in [6.45, 7) is 4.41. The molecule has 0 bridgehead atoms. The summed E-state index contributed by atoms with van der Waals surface area (Å²) in [5.74, 6) is -0.280. The number of benzene rings is 2. The molecule has 1 aliphatic heterocycles. The second kappa shape index (κ2) is 14.1. The summed E-state index contributed by atoms with van der Waals surface area (Å²) in [6, 6.07) is 17.4. The fraction of sp³-hybridized carbons (Fsp3) is 0.462. The summed E-state index contributed by atoms with van der Waals surface area (Å²) in [7, 11) is 1.36. The van der Waals surface area contributed by atoms with Gasteiger partial charge in [-0.2, -0.15) is 4.21 Å². The van der Waals surface area contributed by atoms with Crippen LogP contribution < -0.4 is 10.2 Å². The van der Waals surface area contributed by atoms with Gasteiger partial charge in [0, 0.05) is 37.8 Å². The first-order chi connectivity index (χ1) is 17.3. The molecule has 196 valence electrons. The van der Waals surface area contributed by atoms with Gasteiger partial charge in [-0.1, -0.05) is 42.5 Å². The molecule has 0 radical (unpaired) electrons. The number of hydrogen-bond donors (Lipinski definition) is 2. The van der Waals surface area contributed by atoms with Crippen LogP contribution in [0.3, 0.4) is 0 Å². The van der Waals surface area contributed by atoms with Crippen LogP contribution in [0.4, 0.5) is 10.5 Å². The number of ether oxygens (including phenoxy) is 1. The van der Waals surface area contributed by atoms with E-state index in [-0.39, 0.29) is 31.0 Å². The lowest BCUT2D eigenvalue weighted by Crippen LogP contribution is -2.50. The molecule has 2 amide bonds. The van der Waals surface area contributed by atoms with Crippen LogP contribution in [0.15, 0.2) is 54.6 Å². The average molecular weight is 518 g/mol. The van der Waals surface area contributed by atoms with Gasteiger partial charge in [-0.15, -0.1) is 0 Å². The Kier molecular flexibility index (Phi) is 10.9. The van der Waals surface area contributed by atoms with Crippen LogP contribution in [0.1, 0.15) is 37.3 Å². The van der Waals surface area contributed by atoms with Crippen LogP contribution in [-0.4, -0.2) is 64.6 Å². The Hall–Kier alpha value is -2.79. The largest absolute Gasteiger partial charge is 0.469 e. The van der Waals surface area contributed by atoms with Crippen molar-refractivity contribution in [3.8, 4) is 0 Å². The van der Waals surface area contributed by atoms with Crippen molar-refractivity contribution >= 4 is 29.0 Å². The number of amides is 2. The number of likely N-dealkylation sites (tertiary alicyclic amines) is 1. The Morgan fingerprint density at radius 2 is 1.78 bits per heavy atom. The summed E-state index contributed by atoms with van der Waals surface area (Å²) in [5.41, 5.74) is 2.85. The SMILES string of the molecule is COC(=O)CCc1ccc(N(CC(C)OS(=O)O)C(=O)NC2CCN(Cc3ccccc3)CC2)cc1. The van der Waals surface area contributed by atoms with E-state index in [1.807, 2.05) is 30.3 Å². The van der Waals surface area contributed by atoms with Crippen LogP contribution in [0.5, 0.6) is 0 Å². The molecule has 36 heavy (non-hydrogen) atoms. The van der Waals surface area contributed by atoms with Crippen molar-refractivity contribution in [2.45, 2.75) is 51.3 Å². The van der Waals surface area contributed by atoms with Crippen molar-refractivity contribution in [2.75, 3.05) is 31.6 Å². The predicted octanol–water partition coefficient (Wildman–Crippen LogP) is 3.51. The minimum Gasteiger partial charge on any atom is -0.469 e. The topological polar surface area (TPSA) is 108 Å². The number of piperidine rings is 1.